The van der Waals surface area contributed by atoms with Gasteiger partial charge in [0.1, 0.15) is 0 Å². The van der Waals surface area contributed by atoms with Crippen LogP contribution in [0.2, 0.25) is 0 Å². The molecule has 2 N–H and O–H groups in total. The Balaban J connectivity index is 1.68. The van der Waals surface area contributed by atoms with Gasteiger partial charge in [-0.1, -0.05) is 19.8 Å². The molecule has 1 aliphatic carbocycles. The van der Waals surface area contributed by atoms with Crippen molar-refractivity contribution in [1.82, 2.24) is 15.5 Å². The van der Waals surface area contributed by atoms with Crippen molar-refractivity contribution in [3.05, 3.63) is 0 Å². The summed E-state index contributed by atoms with van der Waals surface area (Å²) in [4.78, 5) is 14.1. The summed E-state index contributed by atoms with van der Waals surface area (Å²) in [5, 5.41) is 6.50. The molecule has 0 aromatic rings. The molecule has 2 rings (SSSR count). The highest BCUT2D eigenvalue weighted by Crippen LogP contribution is 2.23. The topological polar surface area (TPSA) is 44.4 Å². The van der Waals surface area contributed by atoms with Gasteiger partial charge in [0, 0.05) is 32.2 Å². The number of carbonyl (C=O) groups is 1. The van der Waals surface area contributed by atoms with Gasteiger partial charge in [-0.05, 0) is 18.8 Å². The Bertz CT molecular complexity index is 251. The van der Waals surface area contributed by atoms with Gasteiger partial charge in [-0.25, -0.2) is 0 Å². The van der Waals surface area contributed by atoms with Crippen LogP contribution >= 0.6 is 0 Å². The second-order valence-electron chi connectivity index (χ2n) is 5.56. The molecule has 0 spiro atoms. The summed E-state index contributed by atoms with van der Waals surface area (Å²) in [6.45, 7) is 6.87. The molecule has 98 valence electrons. The van der Waals surface area contributed by atoms with Gasteiger partial charge in [0.15, 0.2) is 0 Å². The minimum absolute atomic E-state index is 0.214. The van der Waals surface area contributed by atoms with Crippen molar-refractivity contribution in [2.45, 2.75) is 38.6 Å². The van der Waals surface area contributed by atoms with E-state index in [4.69, 9.17) is 0 Å². The van der Waals surface area contributed by atoms with Crippen LogP contribution in [0.25, 0.3) is 0 Å². The van der Waals surface area contributed by atoms with E-state index in [0.717, 1.165) is 44.9 Å². The number of piperazine rings is 1. The molecule has 4 nitrogen and oxygen atoms in total. The van der Waals surface area contributed by atoms with Crippen LogP contribution in [0.1, 0.15) is 32.6 Å². The summed E-state index contributed by atoms with van der Waals surface area (Å²) in [6, 6.07) is 0.425. The summed E-state index contributed by atoms with van der Waals surface area (Å²) in [7, 11) is 0. The van der Waals surface area contributed by atoms with Crippen LogP contribution in [0.4, 0.5) is 0 Å². The Morgan fingerprint density at radius 1 is 1.35 bits per heavy atom. The lowest BCUT2D eigenvalue weighted by Crippen LogP contribution is -2.49. The van der Waals surface area contributed by atoms with E-state index >= 15 is 0 Å². The lowest BCUT2D eigenvalue weighted by molar-refractivity contribution is -0.123. The second-order valence-corrected chi connectivity index (χ2v) is 5.56. The van der Waals surface area contributed by atoms with Gasteiger partial charge in [-0.2, -0.15) is 0 Å². The third kappa shape index (κ3) is 4.28. The number of rotatable bonds is 3. The van der Waals surface area contributed by atoms with Gasteiger partial charge in [0.2, 0.25) is 5.91 Å². The number of hydrogen-bond acceptors (Lipinski definition) is 3. The third-order valence-corrected chi connectivity index (χ3v) is 3.88. The lowest BCUT2D eigenvalue weighted by atomic mass is 9.87. The number of nitrogens with zero attached hydrogens (tertiary/aromatic N) is 1. The van der Waals surface area contributed by atoms with Crippen molar-refractivity contribution < 1.29 is 4.79 Å². The Morgan fingerprint density at radius 3 is 2.82 bits per heavy atom. The minimum Gasteiger partial charge on any atom is -0.352 e. The summed E-state index contributed by atoms with van der Waals surface area (Å²) in [5.74, 6) is 0.985. The molecule has 0 unspecified atom stereocenters. The molecule has 1 saturated heterocycles. The molecule has 1 saturated carbocycles. The molecule has 2 atom stereocenters. The van der Waals surface area contributed by atoms with Crippen LogP contribution in [0.3, 0.4) is 0 Å². The van der Waals surface area contributed by atoms with E-state index in [1.807, 2.05) is 0 Å². The van der Waals surface area contributed by atoms with Crippen LogP contribution in [-0.4, -0.2) is 49.6 Å². The maximum atomic E-state index is 11.9. The first kappa shape index (κ1) is 12.8. The summed E-state index contributed by atoms with van der Waals surface area (Å²) >= 11 is 0. The van der Waals surface area contributed by atoms with E-state index in [0.29, 0.717) is 12.6 Å². The highest BCUT2D eigenvalue weighted by atomic mass is 16.2. The summed E-state index contributed by atoms with van der Waals surface area (Å²) in [5.41, 5.74) is 0. The number of amides is 1. The number of hydrogen-bond donors (Lipinski definition) is 2. The van der Waals surface area contributed by atoms with E-state index in [1.54, 1.807) is 0 Å². The van der Waals surface area contributed by atoms with E-state index < -0.39 is 0 Å². The molecule has 0 bridgehead atoms. The van der Waals surface area contributed by atoms with Crippen molar-refractivity contribution in [2.24, 2.45) is 5.92 Å². The second kappa shape index (κ2) is 6.36. The third-order valence-electron chi connectivity index (χ3n) is 3.88. The summed E-state index contributed by atoms with van der Waals surface area (Å²) in [6.07, 6.45) is 4.91. The van der Waals surface area contributed by atoms with Crippen LogP contribution in [0.5, 0.6) is 0 Å². The average Bonchev–Trinajstić information content (AvgIpc) is 2.30. The van der Waals surface area contributed by atoms with Gasteiger partial charge < -0.3 is 10.6 Å². The normalized spacial score (nSPS) is 31.1. The standard InChI is InChI=1S/C13H25N3O/c1-11-3-2-4-12(9-11)15-13(17)10-16-7-5-14-6-8-16/h11-12,14H,2-10H2,1H3,(H,15,17)/t11-,12-/m0/s1. The molecule has 2 fully saturated rings. The van der Waals surface area contributed by atoms with E-state index in [1.165, 1.54) is 12.8 Å². The first-order chi connectivity index (χ1) is 8.24. The molecule has 1 heterocycles. The first-order valence-electron chi connectivity index (χ1n) is 6.96. The van der Waals surface area contributed by atoms with Gasteiger partial charge in [0.25, 0.3) is 0 Å². The Hall–Kier alpha value is -0.610. The first-order valence-corrected chi connectivity index (χ1v) is 6.96. The van der Waals surface area contributed by atoms with Gasteiger partial charge in [0.05, 0.1) is 6.54 Å². The average molecular weight is 239 g/mol. The van der Waals surface area contributed by atoms with Crippen molar-refractivity contribution in [1.29, 1.82) is 0 Å². The van der Waals surface area contributed by atoms with Crippen LogP contribution < -0.4 is 10.6 Å². The molecule has 1 aliphatic heterocycles. The summed E-state index contributed by atoms with van der Waals surface area (Å²) < 4.78 is 0. The molecule has 0 aromatic heterocycles. The van der Waals surface area contributed by atoms with Gasteiger partial charge in [-0.15, -0.1) is 0 Å². The lowest BCUT2D eigenvalue weighted by Gasteiger charge is -2.30. The quantitative estimate of drug-likeness (QED) is 0.757. The molecule has 4 heteroatoms. The van der Waals surface area contributed by atoms with E-state index in [9.17, 15) is 4.79 Å². The number of nitrogens with one attached hydrogen (secondary N) is 2. The fourth-order valence-corrected chi connectivity index (χ4v) is 2.91. The minimum atomic E-state index is 0.214. The molecular formula is C13H25N3O. The molecule has 1 amide bonds. The fourth-order valence-electron chi connectivity index (χ4n) is 2.91. The zero-order valence-corrected chi connectivity index (χ0v) is 10.9. The van der Waals surface area contributed by atoms with E-state index in [2.05, 4.69) is 22.5 Å². The maximum Gasteiger partial charge on any atom is 0.234 e. The van der Waals surface area contributed by atoms with Gasteiger partial charge in [-0.3, -0.25) is 9.69 Å². The van der Waals surface area contributed by atoms with Crippen molar-refractivity contribution in [2.75, 3.05) is 32.7 Å². The molecular weight excluding hydrogens is 214 g/mol. The largest absolute Gasteiger partial charge is 0.352 e. The molecule has 2 aliphatic rings. The number of carbonyl (C=O) groups excluding carboxylic acids is 1. The van der Waals surface area contributed by atoms with Crippen molar-refractivity contribution >= 4 is 5.91 Å². The van der Waals surface area contributed by atoms with E-state index in [-0.39, 0.29) is 5.91 Å². The van der Waals surface area contributed by atoms with Crippen molar-refractivity contribution in [3.63, 3.8) is 0 Å². The molecule has 17 heavy (non-hydrogen) atoms. The fraction of sp³-hybridized carbons (Fsp3) is 0.923. The zero-order chi connectivity index (χ0) is 12.1. The molecule has 0 radical (unpaired) electrons. The van der Waals surface area contributed by atoms with Crippen LogP contribution in [0, 0.1) is 5.92 Å². The highest BCUT2D eigenvalue weighted by Gasteiger charge is 2.21. The Kier molecular flexibility index (Phi) is 4.80. The zero-order valence-electron chi connectivity index (χ0n) is 10.9. The smallest absolute Gasteiger partial charge is 0.234 e. The van der Waals surface area contributed by atoms with Gasteiger partial charge >= 0.3 is 0 Å². The maximum absolute atomic E-state index is 11.9. The highest BCUT2D eigenvalue weighted by molar-refractivity contribution is 5.78. The molecule has 0 aromatic carbocycles. The van der Waals surface area contributed by atoms with Crippen molar-refractivity contribution in [3.8, 4) is 0 Å². The van der Waals surface area contributed by atoms with Crippen LogP contribution in [-0.2, 0) is 4.79 Å². The predicted octanol–water partition coefficient (Wildman–Crippen LogP) is 0.587. The Morgan fingerprint density at radius 2 is 2.12 bits per heavy atom. The SMILES string of the molecule is C[C@H]1CCC[C@H](NC(=O)CN2CCNCC2)C1. The predicted molar refractivity (Wildman–Crippen MR) is 68.9 cm³/mol. The van der Waals surface area contributed by atoms with Crippen LogP contribution in [0.15, 0.2) is 0 Å². The monoisotopic (exact) mass is 239 g/mol. The Labute approximate surface area is 104 Å².